The molecule has 2 heterocycles. The van der Waals surface area contributed by atoms with Crippen LogP contribution in [-0.4, -0.2) is 10.1 Å². The third-order valence-corrected chi connectivity index (χ3v) is 4.30. The first-order chi connectivity index (χ1) is 10.1. The molecule has 1 unspecified atom stereocenters. The summed E-state index contributed by atoms with van der Waals surface area (Å²) < 4.78 is 5.47. The second kappa shape index (κ2) is 5.84. The maximum absolute atomic E-state index is 10.4. The standard InChI is InChI=1S/C17H17NO2S/c1-11-8-14(12(2)20-11)16(19)9-17-18-15(10-21-17)13-6-4-3-5-7-13/h3-8,10,16,19H,9H2,1-2H3. The smallest absolute Gasteiger partial charge is 0.106 e. The summed E-state index contributed by atoms with van der Waals surface area (Å²) in [7, 11) is 0. The van der Waals surface area contributed by atoms with Crippen molar-refractivity contribution in [3.8, 4) is 11.3 Å². The first-order valence-corrected chi connectivity index (χ1v) is 7.76. The summed E-state index contributed by atoms with van der Waals surface area (Å²) in [5, 5.41) is 13.3. The van der Waals surface area contributed by atoms with E-state index in [1.54, 1.807) is 11.3 Å². The summed E-state index contributed by atoms with van der Waals surface area (Å²) in [6.07, 6.45) is -0.0608. The summed E-state index contributed by atoms with van der Waals surface area (Å²) in [5.74, 6) is 1.60. The lowest BCUT2D eigenvalue weighted by Gasteiger charge is -2.07. The Hall–Kier alpha value is -1.91. The van der Waals surface area contributed by atoms with Crippen LogP contribution in [0.2, 0.25) is 0 Å². The fraction of sp³-hybridized carbons (Fsp3) is 0.235. The number of aromatic nitrogens is 1. The lowest BCUT2D eigenvalue weighted by Crippen LogP contribution is -2.01. The topological polar surface area (TPSA) is 46.3 Å². The van der Waals surface area contributed by atoms with E-state index in [2.05, 4.69) is 4.98 Å². The highest BCUT2D eigenvalue weighted by Crippen LogP contribution is 2.28. The van der Waals surface area contributed by atoms with Crippen LogP contribution < -0.4 is 0 Å². The number of nitrogens with zero attached hydrogens (tertiary/aromatic N) is 1. The lowest BCUT2D eigenvalue weighted by atomic mass is 10.1. The molecule has 1 N–H and O–H groups in total. The van der Waals surface area contributed by atoms with Gasteiger partial charge in [0.1, 0.15) is 11.5 Å². The van der Waals surface area contributed by atoms with Gasteiger partial charge in [-0.05, 0) is 19.9 Å². The van der Waals surface area contributed by atoms with Crippen molar-refractivity contribution in [2.24, 2.45) is 0 Å². The first kappa shape index (κ1) is 14.0. The van der Waals surface area contributed by atoms with Crippen molar-refractivity contribution in [1.82, 2.24) is 4.98 Å². The average molecular weight is 299 g/mol. The SMILES string of the molecule is Cc1cc(C(O)Cc2nc(-c3ccccc3)cs2)c(C)o1. The van der Waals surface area contributed by atoms with Crippen molar-refractivity contribution < 1.29 is 9.52 Å². The van der Waals surface area contributed by atoms with E-state index in [4.69, 9.17) is 4.42 Å². The van der Waals surface area contributed by atoms with Gasteiger partial charge in [0.15, 0.2) is 0 Å². The summed E-state index contributed by atoms with van der Waals surface area (Å²) >= 11 is 1.58. The second-order valence-electron chi connectivity index (χ2n) is 5.08. The van der Waals surface area contributed by atoms with Gasteiger partial charge in [-0.2, -0.15) is 0 Å². The minimum atomic E-state index is -0.572. The van der Waals surface area contributed by atoms with E-state index in [-0.39, 0.29) is 0 Å². The quantitative estimate of drug-likeness (QED) is 0.781. The predicted octanol–water partition coefficient (Wildman–Crippen LogP) is 4.30. The van der Waals surface area contributed by atoms with Gasteiger partial charge in [0.25, 0.3) is 0 Å². The third-order valence-electron chi connectivity index (χ3n) is 3.43. The third kappa shape index (κ3) is 3.06. The molecule has 0 saturated heterocycles. The largest absolute Gasteiger partial charge is 0.466 e. The molecule has 0 fully saturated rings. The van der Waals surface area contributed by atoms with Crippen molar-refractivity contribution in [3.05, 3.63) is 63.9 Å². The van der Waals surface area contributed by atoms with Crippen LogP contribution in [0.1, 0.15) is 28.2 Å². The molecule has 0 bridgehead atoms. The Labute approximate surface area is 127 Å². The molecule has 1 aromatic carbocycles. The fourth-order valence-electron chi connectivity index (χ4n) is 2.40. The molecule has 21 heavy (non-hydrogen) atoms. The maximum atomic E-state index is 10.4. The van der Waals surface area contributed by atoms with E-state index in [1.807, 2.05) is 55.6 Å². The lowest BCUT2D eigenvalue weighted by molar-refractivity contribution is 0.176. The van der Waals surface area contributed by atoms with Crippen LogP contribution >= 0.6 is 11.3 Å². The van der Waals surface area contributed by atoms with Gasteiger partial charge in [0.2, 0.25) is 0 Å². The fourth-order valence-corrected chi connectivity index (χ4v) is 3.24. The van der Waals surface area contributed by atoms with Gasteiger partial charge in [-0.1, -0.05) is 30.3 Å². The van der Waals surface area contributed by atoms with Crippen molar-refractivity contribution in [2.45, 2.75) is 26.4 Å². The molecule has 1 atom stereocenters. The van der Waals surface area contributed by atoms with Gasteiger partial charge in [-0.25, -0.2) is 4.98 Å². The molecule has 0 spiro atoms. The first-order valence-electron chi connectivity index (χ1n) is 6.88. The van der Waals surface area contributed by atoms with Crippen LogP contribution in [0, 0.1) is 13.8 Å². The average Bonchev–Trinajstić information content (AvgIpc) is 3.06. The van der Waals surface area contributed by atoms with Crippen LogP contribution in [0.15, 0.2) is 46.2 Å². The van der Waals surface area contributed by atoms with E-state index in [0.717, 1.165) is 33.3 Å². The Morgan fingerprint density at radius 1 is 1.24 bits per heavy atom. The van der Waals surface area contributed by atoms with E-state index in [1.165, 1.54) is 0 Å². The number of furan rings is 1. The normalized spacial score (nSPS) is 12.5. The molecule has 2 aromatic heterocycles. The Bertz CT molecular complexity index is 730. The number of aliphatic hydroxyl groups excluding tert-OH is 1. The highest BCUT2D eigenvalue weighted by molar-refractivity contribution is 7.09. The van der Waals surface area contributed by atoms with Gasteiger partial charge in [0.05, 0.1) is 16.8 Å². The molecule has 0 saturated carbocycles. The van der Waals surface area contributed by atoms with Crippen LogP contribution in [0.25, 0.3) is 11.3 Å². The molecule has 3 aromatic rings. The summed E-state index contributed by atoms with van der Waals surface area (Å²) in [6.45, 7) is 3.77. The highest BCUT2D eigenvalue weighted by atomic mass is 32.1. The van der Waals surface area contributed by atoms with E-state index < -0.39 is 6.10 Å². The minimum Gasteiger partial charge on any atom is -0.466 e. The highest BCUT2D eigenvalue weighted by Gasteiger charge is 2.17. The number of aliphatic hydroxyl groups is 1. The molecule has 0 radical (unpaired) electrons. The molecular formula is C17H17NO2S. The maximum Gasteiger partial charge on any atom is 0.106 e. The number of rotatable bonds is 4. The van der Waals surface area contributed by atoms with Gasteiger partial charge >= 0.3 is 0 Å². The van der Waals surface area contributed by atoms with Crippen LogP contribution in [0.5, 0.6) is 0 Å². The molecule has 0 aliphatic rings. The zero-order valence-electron chi connectivity index (χ0n) is 12.0. The Balaban J connectivity index is 1.77. The van der Waals surface area contributed by atoms with Gasteiger partial charge in [-0.3, -0.25) is 0 Å². The Morgan fingerprint density at radius 2 is 2.00 bits per heavy atom. The van der Waals surface area contributed by atoms with Gasteiger partial charge < -0.3 is 9.52 Å². The van der Waals surface area contributed by atoms with Crippen LogP contribution in [0.3, 0.4) is 0 Å². The summed E-state index contributed by atoms with van der Waals surface area (Å²) in [4.78, 5) is 4.61. The number of thiazole rings is 1. The number of hydrogen-bond donors (Lipinski definition) is 1. The Morgan fingerprint density at radius 3 is 2.67 bits per heavy atom. The van der Waals surface area contributed by atoms with Crippen molar-refractivity contribution in [1.29, 1.82) is 0 Å². The predicted molar refractivity (Wildman–Crippen MR) is 84.4 cm³/mol. The molecule has 0 amide bonds. The zero-order chi connectivity index (χ0) is 14.8. The molecule has 108 valence electrons. The number of hydrogen-bond acceptors (Lipinski definition) is 4. The van der Waals surface area contributed by atoms with Crippen molar-refractivity contribution in [2.75, 3.05) is 0 Å². The van der Waals surface area contributed by atoms with Crippen molar-refractivity contribution in [3.63, 3.8) is 0 Å². The zero-order valence-corrected chi connectivity index (χ0v) is 12.9. The second-order valence-corrected chi connectivity index (χ2v) is 6.02. The minimum absolute atomic E-state index is 0.511. The number of benzene rings is 1. The monoisotopic (exact) mass is 299 g/mol. The number of aryl methyl sites for hydroxylation is 2. The van der Waals surface area contributed by atoms with Crippen LogP contribution in [0.4, 0.5) is 0 Å². The molecule has 3 nitrogen and oxygen atoms in total. The molecule has 0 aliphatic heterocycles. The molecule has 0 aliphatic carbocycles. The molecule has 3 rings (SSSR count). The van der Waals surface area contributed by atoms with Gasteiger partial charge in [0, 0.05) is 22.9 Å². The molecular weight excluding hydrogens is 282 g/mol. The summed E-state index contributed by atoms with van der Waals surface area (Å²) in [5.41, 5.74) is 2.91. The van der Waals surface area contributed by atoms with Gasteiger partial charge in [-0.15, -0.1) is 11.3 Å². The van der Waals surface area contributed by atoms with E-state index >= 15 is 0 Å². The van der Waals surface area contributed by atoms with Crippen molar-refractivity contribution >= 4 is 11.3 Å². The van der Waals surface area contributed by atoms with E-state index in [0.29, 0.717) is 6.42 Å². The van der Waals surface area contributed by atoms with E-state index in [9.17, 15) is 5.11 Å². The summed E-state index contributed by atoms with van der Waals surface area (Å²) in [6, 6.07) is 12.0. The van der Waals surface area contributed by atoms with Crippen LogP contribution in [-0.2, 0) is 6.42 Å². The Kier molecular flexibility index (Phi) is 3.90. The molecule has 4 heteroatoms.